The third-order valence-electron chi connectivity index (χ3n) is 5.43. The maximum atomic E-state index is 13.0. The molecule has 0 aromatic heterocycles. The Morgan fingerprint density at radius 3 is 2.07 bits per heavy atom. The van der Waals surface area contributed by atoms with E-state index in [0.29, 0.717) is 12.5 Å². The molecule has 2 rings (SSSR count). The Kier molecular flexibility index (Phi) is 10.1. The first-order chi connectivity index (χ1) is 14.6. The summed E-state index contributed by atoms with van der Waals surface area (Å²) in [5.41, 5.74) is 2.85. The minimum Gasteiger partial charge on any atom is -0.464 e. The van der Waals surface area contributed by atoms with Gasteiger partial charge >= 0.3 is 5.97 Å². The van der Waals surface area contributed by atoms with Gasteiger partial charge in [0.05, 0.1) is 12.3 Å². The van der Waals surface area contributed by atoms with Crippen LogP contribution in [0.4, 0.5) is 0 Å². The number of carbonyl (C=O) groups excluding carboxylic acids is 1. The molecule has 3 nitrogen and oxygen atoms in total. The van der Waals surface area contributed by atoms with Gasteiger partial charge < -0.3 is 4.74 Å². The number of hydrogen-bond acceptors (Lipinski definition) is 3. The number of allylic oxidation sites excluding steroid dienone is 1. The molecule has 0 spiro atoms. The summed E-state index contributed by atoms with van der Waals surface area (Å²) in [6, 6.07) is 19.6. The minimum absolute atomic E-state index is 0.131. The second-order valence-corrected chi connectivity index (χ2v) is 7.78. The fourth-order valence-corrected chi connectivity index (χ4v) is 3.78. The van der Waals surface area contributed by atoms with Crippen LogP contribution in [0.15, 0.2) is 78.3 Å². The highest BCUT2D eigenvalue weighted by Crippen LogP contribution is 2.27. The van der Waals surface area contributed by atoms with Gasteiger partial charge in [-0.2, -0.15) is 0 Å². The predicted octanol–water partition coefficient (Wildman–Crippen LogP) is 6.47. The fourth-order valence-electron chi connectivity index (χ4n) is 3.78. The number of nitrogens with zero attached hydrogens (tertiary/aromatic N) is 1. The molecule has 0 saturated carbocycles. The van der Waals surface area contributed by atoms with Gasteiger partial charge in [0.1, 0.15) is 0 Å². The van der Waals surface area contributed by atoms with Crippen molar-refractivity contribution in [3.8, 4) is 0 Å². The van der Waals surface area contributed by atoms with Crippen molar-refractivity contribution in [1.29, 1.82) is 0 Å². The first-order valence-electron chi connectivity index (χ1n) is 11.1. The van der Waals surface area contributed by atoms with Crippen molar-refractivity contribution in [3.63, 3.8) is 0 Å². The summed E-state index contributed by atoms with van der Waals surface area (Å²) >= 11 is 0. The smallest absolute Gasteiger partial charge is 0.331 e. The average molecular weight is 406 g/mol. The van der Waals surface area contributed by atoms with Crippen LogP contribution >= 0.6 is 0 Å². The molecule has 0 aliphatic rings. The zero-order chi connectivity index (χ0) is 21.8. The molecule has 0 radical (unpaired) electrons. The predicted molar refractivity (Wildman–Crippen MR) is 126 cm³/mol. The van der Waals surface area contributed by atoms with Crippen LogP contribution in [0.2, 0.25) is 0 Å². The molecule has 0 bridgehead atoms. The second-order valence-electron chi connectivity index (χ2n) is 7.78. The van der Waals surface area contributed by atoms with Gasteiger partial charge in [0, 0.05) is 11.1 Å². The van der Waals surface area contributed by atoms with Crippen molar-refractivity contribution >= 4 is 11.7 Å². The van der Waals surface area contributed by atoms with Gasteiger partial charge in [0.2, 0.25) is 0 Å². The Labute approximate surface area is 181 Å². The van der Waals surface area contributed by atoms with Gasteiger partial charge in [0.15, 0.2) is 6.04 Å². The minimum atomic E-state index is -0.517. The third-order valence-corrected chi connectivity index (χ3v) is 5.43. The van der Waals surface area contributed by atoms with Crippen LogP contribution in [-0.2, 0) is 9.53 Å². The standard InChI is InChI=1S/C27H35NO2/c1-5-8-15-21(4)20-22(6-2)26(27(29)30-7-3)28-25(23-16-11-9-12-17-23)24-18-13-10-14-19-24/h5,9-14,16-19,21-22,26H,1,6-8,15,20H2,2-4H3/t21?,22-,26?/m0/s1. The van der Waals surface area contributed by atoms with E-state index in [9.17, 15) is 4.79 Å². The topological polar surface area (TPSA) is 38.7 Å². The molecule has 0 fully saturated rings. The first kappa shape index (κ1) is 23.6. The monoisotopic (exact) mass is 405 g/mol. The number of rotatable bonds is 12. The molecule has 0 aliphatic carbocycles. The third kappa shape index (κ3) is 6.98. The van der Waals surface area contributed by atoms with Crippen LogP contribution < -0.4 is 0 Å². The van der Waals surface area contributed by atoms with E-state index >= 15 is 0 Å². The SMILES string of the molecule is C=CCCC(C)C[C@H](CC)C(N=C(c1ccccc1)c1ccccc1)C(=O)OCC. The van der Waals surface area contributed by atoms with Gasteiger partial charge in [-0.25, -0.2) is 4.79 Å². The molecule has 2 aromatic rings. The maximum Gasteiger partial charge on any atom is 0.331 e. The Hall–Kier alpha value is -2.68. The zero-order valence-electron chi connectivity index (χ0n) is 18.6. The molecule has 2 unspecified atom stereocenters. The maximum absolute atomic E-state index is 13.0. The molecule has 3 heteroatoms. The molecule has 0 amide bonds. The molecule has 160 valence electrons. The van der Waals surface area contributed by atoms with E-state index in [1.165, 1.54) is 0 Å². The summed E-state index contributed by atoms with van der Waals surface area (Å²) < 4.78 is 5.46. The van der Waals surface area contributed by atoms with Crippen LogP contribution in [0.1, 0.15) is 57.6 Å². The molecule has 0 N–H and O–H groups in total. The van der Waals surface area contributed by atoms with Crippen molar-refractivity contribution in [3.05, 3.63) is 84.4 Å². The van der Waals surface area contributed by atoms with Crippen LogP contribution in [0.25, 0.3) is 0 Å². The van der Waals surface area contributed by atoms with Gasteiger partial charge in [-0.15, -0.1) is 6.58 Å². The number of aliphatic imine (C=N–C) groups is 1. The lowest BCUT2D eigenvalue weighted by Crippen LogP contribution is -2.32. The van der Waals surface area contributed by atoms with Gasteiger partial charge in [-0.3, -0.25) is 4.99 Å². The van der Waals surface area contributed by atoms with Gasteiger partial charge in [0.25, 0.3) is 0 Å². The van der Waals surface area contributed by atoms with Crippen molar-refractivity contribution in [1.82, 2.24) is 0 Å². The van der Waals surface area contributed by atoms with Crippen LogP contribution in [0.5, 0.6) is 0 Å². The molecule has 3 atom stereocenters. The highest BCUT2D eigenvalue weighted by Gasteiger charge is 2.30. The Bertz CT molecular complexity index is 757. The number of carbonyl (C=O) groups is 1. The van der Waals surface area contributed by atoms with E-state index in [2.05, 4.69) is 20.4 Å². The molecule has 0 aliphatic heterocycles. The van der Waals surface area contributed by atoms with Crippen molar-refractivity contribution < 1.29 is 9.53 Å². The molecule has 30 heavy (non-hydrogen) atoms. The van der Waals surface area contributed by atoms with E-state index in [0.717, 1.165) is 42.5 Å². The van der Waals surface area contributed by atoms with Crippen LogP contribution in [-0.4, -0.2) is 24.3 Å². The van der Waals surface area contributed by atoms with E-state index in [1.807, 2.05) is 73.7 Å². The van der Waals surface area contributed by atoms with E-state index < -0.39 is 6.04 Å². The Morgan fingerprint density at radius 2 is 1.60 bits per heavy atom. The normalized spacial score (nSPS) is 13.7. The number of benzene rings is 2. The average Bonchev–Trinajstić information content (AvgIpc) is 2.78. The van der Waals surface area contributed by atoms with Crippen molar-refractivity contribution in [2.75, 3.05) is 6.61 Å². The molecular formula is C27H35NO2. The molecule has 0 saturated heterocycles. The summed E-state index contributed by atoms with van der Waals surface area (Å²) in [5, 5.41) is 0. The summed E-state index contributed by atoms with van der Waals surface area (Å²) in [5.74, 6) is 0.396. The highest BCUT2D eigenvalue weighted by atomic mass is 16.5. The second kappa shape index (κ2) is 12.8. The van der Waals surface area contributed by atoms with E-state index in [4.69, 9.17) is 9.73 Å². The number of ether oxygens (including phenoxy) is 1. The van der Waals surface area contributed by atoms with Crippen LogP contribution in [0.3, 0.4) is 0 Å². The lowest BCUT2D eigenvalue weighted by molar-refractivity contribution is -0.146. The van der Waals surface area contributed by atoms with Crippen LogP contribution in [0, 0.1) is 11.8 Å². The summed E-state index contributed by atoms with van der Waals surface area (Å²) in [6.07, 6.45) is 5.84. The zero-order valence-corrected chi connectivity index (χ0v) is 18.6. The van der Waals surface area contributed by atoms with Crippen molar-refractivity contribution in [2.45, 2.75) is 52.5 Å². The summed E-state index contributed by atoms with van der Waals surface area (Å²) in [6.45, 7) is 10.4. The van der Waals surface area contributed by atoms with Gasteiger partial charge in [-0.1, -0.05) is 87.0 Å². The van der Waals surface area contributed by atoms with E-state index in [-0.39, 0.29) is 11.9 Å². The Balaban J connectivity index is 2.46. The largest absolute Gasteiger partial charge is 0.464 e. The molecule has 0 heterocycles. The number of esters is 1. The quantitative estimate of drug-likeness (QED) is 0.230. The molecular weight excluding hydrogens is 370 g/mol. The van der Waals surface area contributed by atoms with E-state index in [1.54, 1.807) is 0 Å². The fraction of sp³-hybridized carbons (Fsp3) is 0.407. The molecule has 2 aromatic carbocycles. The number of hydrogen-bond donors (Lipinski definition) is 0. The first-order valence-corrected chi connectivity index (χ1v) is 11.1. The summed E-state index contributed by atoms with van der Waals surface area (Å²) in [4.78, 5) is 18.1. The highest BCUT2D eigenvalue weighted by molar-refractivity contribution is 6.13. The van der Waals surface area contributed by atoms with Gasteiger partial charge in [-0.05, 0) is 38.0 Å². The summed E-state index contributed by atoms with van der Waals surface area (Å²) in [7, 11) is 0. The Morgan fingerprint density at radius 1 is 1.03 bits per heavy atom. The lowest BCUT2D eigenvalue weighted by atomic mass is 9.85. The lowest BCUT2D eigenvalue weighted by Gasteiger charge is -2.25. The van der Waals surface area contributed by atoms with Crippen molar-refractivity contribution in [2.24, 2.45) is 16.8 Å².